The van der Waals surface area contributed by atoms with E-state index in [-0.39, 0.29) is 0 Å². The van der Waals surface area contributed by atoms with Crippen LogP contribution < -0.4 is 10.6 Å². The highest BCUT2D eigenvalue weighted by molar-refractivity contribution is 8.00. The van der Waals surface area contributed by atoms with Crippen molar-refractivity contribution < 1.29 is 0 Å². The molecule has 1 aliphatic rings. The zero-order chi connectivity index (χ0) is 10.7. The van der Waals surface area contributed by atoms with Crippen LogP contribution in [-0.2, 0) is 0 Å². The van der Waals surface area contributed by atoms with Gasteiger partial charge in [-0.3, -0.25) is 5.32 Å². The molecule has 2 nitrogen and oxygen atoms in total. The molecule has 0 aliphatic carbocycles. The molecule has 0 bridgehead atoms. The first-order valence-electron chi connectivity index (χ1n) is 5.45. The molecular weight excluding hydrogens is 204 g/mol. The Morgan fingerprint density at radius 3 is 2.67 bits per heavy atom. The van der Waals surface area contributed by atoms with Crippen molar-refractivity contribution >= 4 is 17.4 Å². The second-order valence-corrected chi connectivity index (χ2v) is 5.18. The molecule has 1 fully saturated rings. The Balaban J connectivity index is 2.09. The fourth-order valence-electron chi connectivity index (χ4n) is 1.83. The van der Waals surface area contributed by atoms with Crippen LogP contribution in [0.15, 0.2) is 18.2 Å². The summed E-state index contributed by atoms with van der Waals surface area (Å²) in [5.74, 6) is 1.25. The van der Waals surface area contributed by atoms with Crippen LogP contribution >= 0.6 is 11.8 Å². The van der Waals surface area contributed by atoms with E-state index in [0.717, 1.165) is 6.54 Å². The molecule has 0 aromatic heterocycles. The van der Waals surface area contributed by atoms with E-state index in [1.54, 1.807) is 0 Å². The summed E-state index contributed by atoms with van der Waals surface area (Å²) in [4.78, 5) is 0. The first kappa shape index (κ1) is 10.8. The van der Waals surface area contributed by atoms with E-state index >= 15 is 0 Å². The van der Waals surface area contributed by atoms with Gasteiger partial charge in [-0.25, -0.2) is 0 Å². The highest BCUT2D eigenvalue weighted by Gasteiger charge is 2.13. The number of hydrogen-bond donors (Lipinski definition) is 2. The van der Waals surface area contributed by atoms with E-state index in [4.69, 9.17) is 0 Å². The standard InChI is InChI=1S/C12H18N2S/c1-9-5-3-6-10(2)11(9)14-12-13-7-4-8-15-12/h3,5-6,12-14H,4,7-8H2,1-2H3. The maximum absolute atomic E-state index is 3.57. The molecule has 0 radical (unpaired) electrons. The summed E-state index contributed by atoms with van der Waals surface area (Å²) in [6, 6.07) is 6.42. The maximum Gasteiger partial charge on any atom is 0.125 e. The first-order chi connectivity index (χ1) is 7.27. The Morgan fingerprint density at radius 2 is 2.07 bits per heavy atom. The molecule has 0 amide bonds. The number of anilines is 1. The lowest BCUT2D eigenvalue weighted by Crippen LogP contribution is -2.38. The summed E-state index contributed by atoms with van der Waals surface area (Å²) in [7, 11) is 0. The first-order valence-corrected chi connectivity index (χ1v) is 6.50. The molecule has 0 spiro atoms. The van der Waals surface area contributed by atoms with Gasteiger partial charge in [-0.1, -0.05) is 18.2 Å². The lowest BCUT2D eigenvalue weighted by Gasteiger charge is -2.26. The van der Waals surface area contributed by atoms with Gasteiger partial charge in [0.05, 0.1) is 0 Å². The second-order valence-electron chi connectivity index (χ2n) is 3.97. The highest BCUT2D eigenvalue weighted by Crippen LogP contribution is 2.23. The molecule has 3 heteroatoms. The average molecular weight is 222 g/mol. The SMILES string of the molecule is Cc1cccc(C)c1NC1NCCCS1. The molecule has 82 valence electrons. The molecule has 1 atom stereocenters. The summed E-state index contributed by atoms with van der Waals surface area (Å²) < 4.78 is 0. The Hall–Kier alpha value is -0.670. The fourth-order valence-corrected chi connectivity index (χ4v) is 2.81. The van der Waals surface area contributed by atoms with Crippen molar-refractivity contribution in [2.45, 2.75) is 25.8 Å². The van der Waals surface area contributed by atoms with Crippen molar-refractivity contribution in [2.24, 2.45) is 0 Å². The molecule has 1 aromatic carbocycles. The van der Waals surface area contributed by atoms with Crippen molar-refractivity contribution in [3.05, 3.63) is 29.3 Å². The largest absolute Gasteiger partial charge is 0.361 e. The molecule has 0 saturated carbocycles. The van der Waals surface area contributed by atoms with Gasteiger partial charge in [0.15, 0.2) is 0 Å². The third-order valence-electron chi connectivity index (χ3n) is 2.69. The Kier molecular flexibility index (Phi) is 3.54. The molecule has 2 rings (SSSR count). The minimum atomic E-state index is 0.374. The van der Waals surface area contributed by atoms with Gasteiger partial charge >= 0.3 is 0 Å². The van der Waals surface area contributed by atoms with Crippen LogP contribution in [0.5, 0.6) is 0 Å². The van der Waals surface area contributed by atoms with Gasteiger partial charge in [-0.05, 0) is 43.7 Å². The van der Waals surface area contributed by atoms with E-state index in [0.29, 0.717) is 5.50 Å². The third kappa shape index (κ3) is 2.67. The van der Waals surface area contributed by atoms with Crippen LogP contribution in [0.1, 0.15) is 17.5 Å². The number of nitrogens with one attached hydrogen (secondary N) is 2. The van der Waals surface area contributed by atoms with Crippen molar-refractivity contribution in [1.82, 2.24) is 5.32 Å². The zero-order valence-corrected chi connectivity index (χ0v) is 10.2. The molecule has 1 saturated heterocycles. The van der Waals surface area contributed by atoms with Gasteiger partial charge in [0.1, 0.15) is 5.50 Å². The molecule has 2 N–H and O–H groups in total. The van der Waals surface area contributed by atoms with E-state index in [1.807, 2.05) is 11.8 Å². The lowest BCUT2D eigenvalue weighted by molar-refractivity contribution is 0.659. The topological polar surface area (TPSA) is 24.1 Å². The van der Waals surface area contributed by atoms with Gasteiger partial charge in [0.25, 0.3) is 0 Å². The smallest absolute Gasteiger partial charge is 0.125 e. The minimum Gasteiger partial charge on any atom is -0.361 e. The number of para-hydroxylation sites is 1. The Bertz CT molecular complexity index is 312. The Labute approximate surface area is 95.8 Å². The van der Waals surface area contributed by atoms with Crippen LogP contribution in [0.2, 0.25) is 0 Å². The predicted octanol–water partition coefficient (Wildman–Crippen LogP) is 2.73. The monoisotopic (exact) mass is 222 g/mol. The highest BCUT2D eigenvalue weighted by atomic mass is 32.2. The Morgan fingerprint density at radius 1 is 1.33 bits per heavy atom. The van der Waals surface area contributed by atoms with Gasteiger partial charge in [0, 0.05) is 5.69 Å². The number of benzene rings is 1. The van der Waals surface area contributed by atoms with Gasteiger partial charge in [0.2, 0.25) is 0 Å². The summed E-state index contributed by atoms with van der Waals surface area (Å²) in [5, 5.41) is 7.04. The lowest BCUT2D eigenvalue weighted by atomic mass is 10.1. The normalized spacial score (nSPS) is 21.3. The van der Waals surface area contributed by atoms with E-state index < -0.39 is 0 Å². The maximum atomic E-state index is 3.57. The van der Waals surface area contributed by atoms with Crippen molar-refractivity contribution in [2.75, 3.05) is 17.6 Å². The van der Waals surface area contributed by atoms with Crippen LogP contribution in [0.4, 0.5) is 5.69 Å². The van der Waals surface area contributed by atoms with Gasteiger partial charge < -0.3 is 5.32 Å². The van der Waals surface area contributed by atoms with Gasteiger partial charge in [-0.2, -0.15) is 0 Å². The van der Waals surface area contributed by atoms with Crippen molar-refractivity contribution in [3.8, 4) is 0 Å². The average Bonchev–Trinajstić information content (AvgIpc) is 2.25. The zero-order valence-electron chi connectivity index (χ0n) is 9.34. The van der Waals surface area contributed by atoms with Crippen molar-refractivity contribution in [3.63, 3.8) is 0 Å². The summed E-state index contributed by atoms with van der Waals surface area (Å²) >= 11 is 1.95. The minimum absolute atomic E-state index is 0.374. The summed E-state index contributed by atoms with van der Waals surface area (Å²) in [6.07, 6.45) is 1.27. The predicted molar refractivity (Wildman–Crippen MR) is 68.4 cm³/mol. The van der Waals surface area contributed by atoms with Crippen LogP contribution in [0.25, 0.3) is 0 Å². The molecule has 15 heavy (non-hydrogen) atoms. The second kappa shape index (κ2) is 4.90. The number of rotatable bonds is 2. The molecular formula is C12H18N2S. The fraction of sp³-hybridized carbons (Fsp3) is 0.500. The van der Waals surface area contributed by atoms with Gasteiger partial charge in [-0.15, -0.1) is 11.8 Å². The van der Waals surface area contributed by atoms with E-state index in [2.05, 4.69) is 42.7 Å². The quantitative estimate of drug-likeness (QED) is 0.804. The molecule has 1 aliphatic heterocycles. The van der Waals surface area contributed by atoms with E-state index in [1.165, 1.54) is 29.0 Å². The molecule has 1 heterocycles. The molecule has 1 aromatic rings. The van der Waals surface area contributed by atoms with E-state index in [9.17, 15) is 0 Å². The van der Waals surface area contributed by atoms with Crippen LogP contribution in [-0.4, -0.2) is 17.8 Å². The number of hydrogen-bond acceptors (Lipinski definition) is 3. The summed E-state index contributed by atoms with van der Waals surface area (Å²) in [5.41, 5.74) is 4.30. The molecule has 1 unspecified atom stereocenters. The van der Waals surface area contributed by atoms with Crippen LogP contribution in [0.3, 0.4) is 0 Å². The van der Waals surface area contributed by atoms with Crippen molar-refractivity contribution in [1.29, 1.82) is 0 Å². The number of aryl methyl sites for hydroxylation is 2. The van der Waals surface area contributed by atoms with Crippen LogP contribution in [0, 0.1) is 13.8 Å². The third-order valence-corrected chi connectivity index (χ3v) is 3.83. The number of thioether (sulfide) groups is 1. The summed E-state index contributed by atoms with van der Waals surface area (Å²) in [6.45, 7) is 5.43.